The lowest BCUT2D eigenvalue weighted by molar-refractivity contribution is -0.163. The Morgan fingerprint density at radius 2 is 1.82 bits per heavy atom. The van der Waals surface area contributed by atoms with Crippen molar-refractivity contribution in [3.05, 3.63) is 23.3 Å². The van der Waals surface area contributed by atoms with Gasteiger partial charge in [-0.2, -0.15) is 0 Å². The van der Waals surface area contributed by atoms with Gasteiger partial charge in [-0.3, -0.25) is 0 Å². The van der Waals surface area contributed by atoms with Gasteiger partial charge in [-0.15, -0.1) is 0 Å². The van der Waals surface area contributed by atoms with Crippen molar-refractivity contribution in [3.8, 4) is 11.5 Å². The van der Waals surface area contributed by atoms with Crippen molar-refractivity contribution in [2.75, 3.05) is 14.2 Å². The molecule has 28 heavy (non-hydrogen) atoms. The molecule has 0 saturated heterocycles. The molecule has 2 saturated carbocycles. The van der Waals surface area contributed by atoms with Crippen molar-refractivity contribution in [2.24, 2.45) is 22.7 Å². The van der Waals surface area contributed by atoms with Gasteiger partial charge in [0.1, 0.15) is 5.60 Å². The minimum Gasteiger partial charge on any atom is -0.493 e. The van der Waals surface area contributed by atoms with Crippen LogP contribution in [0.25, 0.3) is 0 Å². The number of esters is 1. The van der Waals surface area contributed by atoms with Crippen LogP contribution in [0.5, 0.6) is 11.5 Å². The molecule has 4 rings (SSSR count). The average Bonchev–Trinajstić information content (AvgIpc) is 2.64. The lowest BCUT2D eigenvalue weighted by atomic mass is 9.44. The minimum atomic E-state index is -0.332. The first-order valence-electron chi connectivity index (χ1n) is 10.6. The molecule has 4 heteroatoms. The summed E-state index contributed by atoms with van der Waals surface area (Å²) in [5.74, 6) is 2.26. The molecule has 0 unspecified atom stereocenters. The molecule has 0 radical (unpaired) electrons. The number of benzene rings is 1. The largest absolute Gasteiger partial charge is 0.493 e. The second-order valence-electron chi connectivity index (χ2n) is 10.3. The van der Waals surface area contributed by atoms with Crippen molar-refractivity contribution < 1.29 is 19.0 Å². The van der Waals surface area contributed by atoms with Crippen LogP contribution in [-0.4, -0.2) is 25.8 Å². The van der Waals surface area contributed by atoms with Gasteiger partial charge in [-0.05, 0) is 73.5 Å². The van der Waals surface area contributed by atoms with E-state index in [0.29, 0.717) is 28.6 Å². The quantitative estimate of drug-likeness (QED) is 0.637. The number of ether oxygens (including phenoxy) is 3. The summed E-state index contributed by atoms with van der Waals surface area (Å²) >= 11 is 0. The third-order valence-corrected chi connectivity index (χ3v) is 8.27. The van der Waals surface area contributed by atoms with E-state index in [-0.39, 0.29) is 17.0 Å². The van der Waals surface area contributed by atoms with Gasteiger partial charge in [0, 0.05) is 5.92 Å². The van der Waals surface area contributed by atoms with Crippen molar-refractivity contribution in [3.63, 3.8) is 0 Å². The predicted molar refractivity (Wildman–Crippen MR) is 109 cm³/mol. The highest BCUT2D eigenvalue weighted by atomic mass is 16.5. The van der Waals surface area contributed by atoms with Crippen LogP contribution in [0.2, 0.25) is 0 Å². The van der Waals surface area contributed by atoms with Crippen LogP contribution < -0.4 is 9.47 Å². The van der Waals surface area contributed by atoms with Gasteiger partial charge in [-0.25, -0.2) is 4.79 Å². The summed E-state index contributed by atoms with van der Waals surface area (Å²) in [7, 11) is 3.05. The lowest BCUT2D eigenvalue weighted by Crippen LogP contribution is -2.61. The highest BCUT2D eigenvalue weighted by molar-refractivity contribution is 5.90. The fraction of sp³-hybridized carbons (Fsp3) is 0.708. The van der Waals surface area contributed by atoms with Crippen molar-refractivity contribution in [1.82, 2.24) is 0 Å². The van der Waals surface area contributed by atoms with E-state index in [1.807, 2.05) is 6.07 Å². The number of rotatable bonds is 2. The summed E-state index contributed by atoms with van der Waals surface area (Å²) in [6.07, 6.45) is 7.07. The second-order valence-corrected chi connectivity index (χ2v) is 10.3. The molecule has 1 aromatic carbocycles. The number of carbonyl (C=O) groups is 1. The highest BCUT2D eigenvalue weighted by Crippen LogP contribution is 2.65. The maximum Gasteiger partial charge on any atom is 0.337 e. The second kappa shape index (κ2) is 6.40. The van der Waals surface area contributed by atoms with E-state index in [4.69, 9.17) is 14.2 Å². The molecule has 4 atom stereocenters. The fourth-order valence-corrected chi connectivity index (χ4v) is 6.95. The maximum atomic E-state index is 12.2. The van der Waals surface area contributed by atoms with Gasteiger partial charge in [-0.1, -0.05) is 27.2 Å². The predicted octanol–water partition coefficient (Wildman–Crippen LogP) is 5.42. The van der Waals surface area contributed by atoms with Crippen LogP contribution in [0, 0.1) is 22.7 Å². The number of hydrogen-bond acceptors (Lipinski definition) is 4. The summed E-state index contributed by atoms with van der Waals surface area (Å²) < 4.78 is 17.3. The number of hydrogen-bond donors (Lipinski definition) is 0. The van der Waals surface area contributed by atoms with E-state index in [1.54, 1.807) is 13.2 Å². The van der Waals surface area contributed by atoms with E-state index < -0.39 is 0 Å². The molecule has 1 heterocycles. The van der Waals surface area contributed by atoms with Crippen LogP contribution in [0.1, 0.15) is 75.7 Å². The van der Waals surface area contributed by atoms with Crippen molar-refractivity contribution >= 4 is 5.97 Å². The molecule has 0 spiro atoms. The summed E-state index contributed by atoms with van der Waals surface area (Å²) in [6.45, 7) is 9.69. The molecule has 4 nitrogen and oxygen atoms in total. The Hall–Kier alpha value is -1.71. The third-order valence-electron chi connectivity index (χ3n) is 8.27. The molecule has 3 aliphatic rings. The number of methoxy groups -OCH3 is 2. The SMILES string of the molecule is COC(=O)c1cc2c(c(OC)c1)O[C@]1(C)CC[C@H]3C(C)(C)CCC[C@]3(C)[C@H]1C2. The highest BCUT2D eigenvalue weighted by Gasteiger charge is 2.60. The van der Waals surface area contributed by atoms with E-state index in [0.717, 1.165) is 24.2 Å². The lowest BCUT2D eigenvalue weighted by Gasteiger charge is -2.63. The first-order valence-corrected chi connectivity index (χ1v) is 10.6. The van der Waals surface area contributed by atoms with Gasteiger partial charge in [0.15, 0.2) is 11.5 Å². The Morgan fingerprint density at radius 3 is 2.50 bits per heavy atom. The van der Waals surface area contributed by atoms with Crippen molar-refractivity contribution in [2.45, 2.75) is 71.8 Å². The summed E-state index contributed by atoms with van der Waals surface area (Å²) in [5, 5.41) is 0. The standard InChI is InChI=1S/C24H34O4/c1-22(2)9-7-10-23(3)18(22)8-11-24(4)19(23)14-15-12-16(21(25)27-6)13-17(26-5)20(15)28-24/h12-13,18-19H,7-11,14H2,1-6H3/t18-,19+,23-,24+/m0/s1. The molecule has 154 valence electrons. The smallest absolute Gasteiger partial charge is 0.337 e. The van der Waals surface area contributed by atoms with E-state index in [2.05, 4.69) is 27.7 Å². The van der Waals surface area contributed by atoms with E-state index in [9.17, 15) is 4.79 Å². The van der Waals surface area contributed by atoms with Crippen LogP contribution in [0.15, 0.2) is 12.1 Å². The molecular weight excluding hydrogens is 352 g/mol. The van der Waals surface area contributed by atoms with Gasteiger partial charge in [0.05, 0.1) is 19.8 Å². The Labute approximate surface area is 168 Å². The van der Waals surface area contributed by atoms with Crippen LogP contribution in [-0.2, 0) is 11.2 Å². The summed E-state index contributed by atoms with van der Waals surface area (Å²) in [5.41, 5.74) is 2.05. The molecule has 0 bridgehead atoms. The van der Waals surface area contributed by atoms with E-state index in [1.165, 1.54) is 32.8 Å². The molecule has 2 fully saturated rings. The van der Waals surface area contributed by atoms with Gasteiger partial charge in [0.25, 0.3) is 0 Å². The topological polar surface area (TPSA) is 44.8 Å². The molecule has 0 aromatic heterocycles. The molecule has 2 aliphatic carbocycles. The van der Waals surface area contributed by atoms with Gasteiger partial charge < -0.3 is 14.2 Å². The minimum absolute atomic E-state index is 0.189. The molecule has 1 aromatic rings. The summed E-state index contributed by atoms with van der Waals surface area (Å²) in [6, 6.07) is 3.69. The Kier molecular flexibility index (Phi) is 4.48. The molecule has 0 amide bonds. The third kappa shape index (κ3) is 2.74. The van der Waals surface area contributed by atoms with Gasteiger partial charge in [0.2, 0.25) is 0 Å². The van der Waals surface area contributed by atoms with Crippen molar-refractivity contribution in [1.29, 1.82) is 0 Å². The first kappa shape index (κ1) is 19.6. The zero-order chi connectivity index (χ0) is 20.3. The average molecular weight is 387 g/mol. The Bertz CT molecular complexity index is 798. The monoisotopic (exact) mass is 386 g/mol. The van der Waals surface area contributed by atoms with E-state index >= 15 is 0 Å². The Morgan fingerprint density at radius 1 is 1.07 bits per heavy atom. The van der Waals surface area contributed by atoms with Crippen LogP contribution in [0.3, 0.4) is 0 Å². The fourth-order valence-electron chi connectivity index (χ4n) is 6.95. The zero-order valence-electron chi connectivity index (χ0n) is 18.2. The number of fused-ring (bicyclic) bond motifs is 4. The van der Waals surface area contributed by atoms with Gasteiger partial charge >= 0.3 is 5.97 Å². The first-order chi connectivity index (χ1) is 13.1. The molecule has 1 aliphatic heterocycles. The van der Waals surface area contributed by atoms with Crippen LogP contribution >= 0.6 is 0 Å². The molecular formula is C24H34O4. The molecule has 0 N–H and O–H groups in total. The Balaban J connectivity index is 1.79. The zero-order valence-corrected chi connectivity index (χ0v) is 18.2. The normalized spacial score (nSPS) is 35.6. The number of carbonyl (C=O) groups excluding carboxylic acids is 1. The summed E-state index contributed by atoms with van der Waals surface area (Å²) in [4.78, 5) is 12.2. The maximum absolute atomic E-state index is 12.2. The van der Waals surface area contributed by atoms with Crippen LogP contribution in [0.4, 0.5) is 0 Å².